The van der Waals surface area contributed by atoms with Crippen molar-refractivity contribution in [1.29, 1.82) is 0 Å². The second kappa shape index (κ2) is 7.07. The molecule has 20 heavy (non-hydrogen) atoms. The standard InChI is InChI=1S/C13H19N3OS.2ClH/c1-8(2)12-15-11(7-18-12)13(17)16-5-9-3-14-4-10(9)6-16;;/h7-10,14H,3-6H2,1-2H3;2*1H/t9-,10+;;. The minimum Gasteiger partial charge on any atom is -0.337 e. The second-order valence-corrected chi connectivity index (χ2v) is 6.50. The summed E-state index contributed by atoms with van der Waals surface area (Å²) in [4.78, 5) is 18.8. The summed E-state index contributed by atoms with van der Waals surface area (Å²) in [5, 5.41) is 6.35. The molecular weight excluding hydrogens is 317 g/mol. The SMILES string of the molecule is CC(C)c1nc(C(=O)N2C[C@H]3CNC[C@H]3C2)cs1.Cl.Cl. The zero-order valence-corrected chi connectivity index (χ0v) is 14.1. The van der Waals surface area contributed by atoms with E-state index < -0.39 is 0 Å². The number of aromatic nitrogens is 1. The molecule has 2 fully saturated rings. The Bertz CT molecular complexity index is 454. The second-order valence-electron chi connectivity index (χ2n) is 5.61. The molecule has 0 bridgehead atoms. The van der Waals surface area contributed by atoms with Gasteiger partial charge in [0.15, 0.2) is 0 Å². The molecule has 3 rings (SSSR count). The molecule has 2 aliphatic rings. The monoisotopic (exact) mass is 337 g/mol. The molecule has 0 aliphatic carbocycles. The van der Waals surface area contributed by atoms with Crippen molar-refractivity contribution >= 4 is 42.1 Å². The molecule has 7 heteroatoms. The number of fused-ring (bicyclic) bond motifs is 1. The number of carbonyl (C=O) groups is 1. The maximum absolute atomic E-state index is 12.4. The first kappa shape index (κ1) is 17.7. The molecule has 0 unspecified atom stereocenters. The lowest BCUT2D eigenvalue weighted by Crippen LogP contribution is -2.32. The number of halogens is 2. The van der Waals surface area contributed by atoms with Gasteiger partial charge in [0.05, 0.1) is 5.01 Å². The molecule has 114 valence electrons. The average Bonchev–Trinajstić information content (AvgIpc) is 3.02. The largest absolute Gasteiger partial charge is 0.337 e. The molecule has 2 atom stereocenters. The Hall–Kier alpha value is -0.360. The summed E-state index contributed by atoms with van der Waals surface area (Å²) in [5.41, 5.74) is 0.636. The van der Waals surface area contributed by atoms with Gasteiger partial charge in [0.1, 0.15) is 5.69 Å². The van der Waals surface area contributed by atoms with E-state index in [0.717, 1.165) is 31.2 Å². The minimum atomic E-state index is 0. The number of hydrogen-bond donors (Lipinski definition) is 1. The van der Waals surface area contributed by atoms with Crippen LogP contribution < -0.4 is 5.32 Å². The number of hydrogen-bond acceptors (Lipinski definition) is 4. The van der Waals surface area contributed by atoms with Crippen LogP contribution in [0.1, 0.15) is 35.3 Å². The van der Waals surface area contributed by atoms with Crippen LogP contribution in [0, 0.1) is 11.8 Å². The van der Waals surface area contributed by atoms with E-state index in [-0.39, 0.29) is 30.7 Å². The van der Waals surface area contributed by atoms with Gasteiger partial charge in [-0.2, -0.15) is 0 Å². The molecule has 3 heterocycles. The maximum Gasteiger partial charge on any atom is 0.273 e. The molecule has 2 saturated heterocycles. The normalized spacial score (nSPS) is 24.2. The predicted octanol–water partition coefficient (Wildman–Crippen LogP) is 2.40. The van der Waals surface area contributed by atoms with Crippen molar-refractivity contribution in [1.82, 2.24) is 15.2 Å². The summed E-state index contributed by atoms with van der Waals surface area (Å²) in [6.45, 7) is 8.12. The van der Waals surface area contributed by atoms with Gasteiger partial charge in [-0.25, -0.2) is 4.98 Å². The van der Waals surface area contributed by atoms with E-state index in [1.54, 1.807) is 11.3 Å². The van der Waals surface area contributed by atoms with Gasteiger partial charge in [-0.15, -0.1) is 36.2 Å². The zero-order chi connectivity index (χ0) is 12.7. The number of thiazole rings is 1. The van der Waals surface area contributed by atoms with Gasteiger partial charge in [-0.3, -0.25) is 4.79 Å². The quantitative estimate of drug-likeness (QED) is 0.901. The highest BCUT2D eigenvalue weighted by molar-refractivity contribution is 7.09. The Balaban J connectivity index is 0.000001000. The van der Waals surface area contributed by atoms with Gasteiger partial charge in [0.25, 0.3) is 5.91 Å². The van der Waals surface area contributed by atoms with Crippen LogP contribution in [-0.4, -0.2) is 42.0 Å². The van der Waals surface area contributed by atoms with E-state index in [9.17, 15) is 4.79 Å². The van der Waals surface area contributed by atoms with Crippen molar-refractivity contribution < 1.29 is 4.79 Å². The molecule has 1 aromatic heterocycles. The zero-order valence-electron chi connectivity index (χ0n) is 11.7. The van der Waals surface area contributed by atoms with Crippen LogP contribution in [0.4, 0.5) is 0 Å². The van der Waals surface area contributed by atoms with Crippen LogP contribution in [0.15, 0.2) is 5.38 Å². The predicted molar refractivity (Wildman–Crippen MR) is 86.5 cm³/mol. The highest BCUT2D eigenvalue weighted by Crippen LogP contribution is 2.28. The summed E-state index contributed by atoms with van der Waals surface area (Å²) in [7, 11) is 0. The molecular formula is C13H21Cl2N3OS. The summed E-state index contributed by atoms with van der Waals surface area (Å²) < 4.78 is 0. The van der Waals surface area contributed by atoms with Crippen molar-refractivity contribution in [2.45, 2.75) is 19.8 Å². The lowest BCUT2D eigenvalue weighted by molar-refractivity contribution is 0.0776. The number of rotatable bonds is 2. The van der Waals surface area contributed by atoms with Crippen LogP contribution in [0.5, 0.6) is 0 Å². The van der Waals surface area contributed by atoms with Gasteiger partial charge in [-0.05, 0) is 11.8 Å². The van der Waals surface area contributed by atoms with Crippen LogP contribution in [0.3, 0.4) is 0 Å². The lowest BCUT2D eigenvalue weighted by atomic mass is 10.0. The number of nitrogens with one attached hydrogen (secondary N) is 1. The third kappa shape index (κ3) is 3.27. The first-order valence-electron chi connectivity index (χ1n) is 6.60. The first-order chi connectivity index (χ1) is 8.65. The highest BCUT2D eigenvalue weighted by atomic mass is 35.5. The summed E-state index contributed by atoms with van der Waals surface area (Å²) in [6, 6.07) is 0. The smallest absolute Gasteiger partial charge is 0.273 e. The van der Waals surface area contributed by atoms with E-state index >= 15 is 0 Å². The molecule has 1 N–H and O–H groups in total. The summed E-state index contributed by atoms with van der Waals surface area (Å²) in [5.74, 6) is 1.82. The van der Waals surface area contributed by atoms with E-state index in [4.69, 9.17) is 0 Å². The van der Waals surface area contributed by atoms with Crippen LogP contribution >= 0.6 is 36.2 Å². The molecule has 0 aromatic carbocycles. The number of likely N-dealkylation sites (tertiary alicyclic amines) is 1. The summed E-state index contributed by atoms with van der Waals surface area (Å²) in [6.07, 6.45) is 0. The first-order valence-corrected chi connectivity index (χ1v) is 7.48. The van der Waals surface area contributed by atoms with Crippen molar-refractivity contribution in [3.05, 3.63) is 16.1 Å². The highest BCUT2D eigenvalue weighted by Gasteiger charge is 2.38. The number of amides is 1. The van der Waals surface area contributed by atoms with Crippen molar-refractivity contribution in [3.8, 4) is 0 Å². The number of carbonyl (C=O) groups excluding carboxylic acids is 1. The maximum atomic E-state index is 12.4. The van der Waals surface area contributed by atoms with E-state index in [1.807, 2.05) is 10.3 Å². The molecule has 0 spiro atoms. The van der Waals surface area contributed by atoms with Crippen LogP contribution in [0.25, 0.3) is 0 Å². The Morgan fingerprint density at radius 1 is 1.35 bits per heavy atom. The van der Waals surface area contributed by atoms with E-state index in [1.165, 1.54) is 0 Å². The third-order valence-corrected chi connectivity index (χ3v) is 5.06. The lowest BCUT2D eigenvalue weighted by Gasteiger charge is -2.15. The Labute approximate surface area is 136 Å². The number of nitrogens with zero attached hydrogens (tertiary/aromatic N) is 2. The fraction of sp³-hybridized carbons (Fsp3) is 0.692. The molecule has 1 aromatic rings. The van der Waals surface area contributed by atoms with Gasteiger partial charge in [0.2, 0.25) is 0 Å². The van der Waals surface area contributed by atoms with Gasteiger partial charge >= 0.3 is 0 Å². The topological polar surface area (TPSA) is 45.2 Å². The fourth-order valence-corrected chi connectivity index (χ4v) is 3.64. The van der Waals surface area contributed by atoms with Crippen LogP contribution in [0.2, 0.25) is 0 Å². The van der Waals surface area contributed by atoms with Gasteiger partial charge in [0, 0.05) is 37.5 Å². The Morgan fingerprint density at radius 2 is 1.95 bits per heavy atom. The molecule has 2 aliphatic heterocycles. The Kier molecular flexibility index (Phi) is 6.25. The van der Waals surface area contributed by atoms with Gasteiger partial charge < -0.3 is 10.2 Å². The van der Waals surface area contributed by atoms with Gasteiger partial charge in [-0.1, -0.05) is 13.8 Å². The Morgan fingerprint density at radius 3 is 2.45 bits per heavy atom. The minimum absolute atomic E-state index is 0. The average molecular weight is 338 g/mol. The van der Waals surface area contributed by atoms with E-state index in [0.29, 0.717) is 23.4 Å². The van der Waals surface area contributed by atoms with E-state index in [2.05, 4.69) is 24.1 Å². The van der Waals surface area contributed by atoms with Crippen molar-refractivity contribution in [2.75, 3.05) is 26.2 Å². The molecule has 1 amide bonds. The molecule has 0 saturated carbocycles. The molecule has 4 nitrogen and oxygen atoms in total. The molecule has 0 radical (unpaired) electrons. The van der Waals surface area contributed by atoms with Crippen molar-refractivity contribution in [3.63, 3.8) is 0 Å². The summed E-state index contributed by atoms with van der Waals surface area (Å²) >= 11 is 1.60. The van der Waals surface area contributed by atoms with Crippen LogP contribution in [-0.2, 0) is 0 Å². The van der Waals surface area contributed by atoms with Crippen molar-refractivity contribution in [2.24, 2.45) is 11.8 Å². The fourth-order valence-electron chi connectivity index (χ4n) is 2.83. The third-order valence-electron chi connectivity index (χ3n) is 3.91.